The summed E-state index contributed by atoms with van der Waals surface area (Å²) in [6.45, 7) is 0. The highest BCUT2D eigenvalue weighted by Gasteiger charge is 2.19. The van der Waals surface area contributed by atoms with Crippen LogP contribution in [0, 0.1) is 0 Å². The number of fused-ring (bicyclic) bond motifs is 3. The van der Waals surface area contributed by atoms with Gasteiger partial charge in [-0.05, 0) is 24.3 Å². The van der Waals surface area contributed by atoms with E-state index in [0.29, 0.717) is 28.1 Å². The molecular formula is C18H15N5O4. The summed E-state index contributed by atoms with van der Waals surface area (Å²) in [4.78, 5) is 29.0. The second-order valence-electron chi connectivity index (χ2n) is 5.67. The van der Waals surface area contributed by atoms with E-state index in [9.17, 15) is 9.59 Å². The molecule has 0 aliphatic heterocycles. The second-order valence-corrected chi connectivity index (χ2v) is 5.67. The molecule has 0 aliphatic rings. The highest BCUT2D eigenvalue weighted by molar-refractivity contribution is 6.07. The molecule has 9 nitrogen and oxygen atoms in total. The quantitative estimate of drug-likeness (QED) is 0.571. The van der Waals surface area contributed by atoms with E-state index in [2.05, 4.69) is 20.6 Å². The number of para-hydroxylation sites is 1. The van der Waals surface area contributed by atoms with E-state index in [1.165, 1.54) is 18.7 Å². The van der Waals surface area contributed by atoms with Gasteiger partial charge in [-0.2, -0.15) is 4.98 Å². The van der Waals surface area contributed by atoms with Crippen molar-refractivity contribution < 1.29 is 14.3 Å². The highest BCUT2D eigenvalue weighted by atomic mass is 16.5. The molecule has 0 fully saturated rings. The molecule has 9 heteroatoms. The van der Waals surface area contributed by atoms with Crippen molar-refractivity contribution in [2.24, 2.45) is 0 Å². The summed E-state index contributed by atoms with van der Waals surface area (Å²) < 4.78 is 11.9. The third kappa shape index (κ3) is 2.74. The third-order valence-electron chi connectivity index (χ3n) is 4.14. The van der Waals surface area contributed by atoms with E-state index in [0.717, 1.165) is 0 Å². The normalized spacial score (nSPS) is 10.9. The van der Waals surface area contributed by atoms with Gasteiger partial charge in [0.2, 0.25) is 0 Å². The Morgan fingerprint density at radius 2 is 1.96 bits per heavy atom. The summed E-state index contributed by atoms with van der Waals surface area (Å²) >= 11 is 0. The summed E-state index contributed by atoms with van der Waals surface area (Å²) in [5.74, 6) is 0.473. The van der Waals surface area contributed by atoms with Crippen LogP contribution in [0.25, 0.3) is 16.6 Å². The van der Waals surface area contributed by atoms with Crippen LogP contribution >= 0.6 is 0 Å². The number of nitrogens with zero attached hydrogens (tertiary/aromatic N) is 3. The number of benzene rings is 2. The number of nitrogens with one attached hydrogen (secondary N) is 2. The van der Waals surface area contributed by atoms with E-state index in [1.807, 2.05) is 0 Å². The van der Waals surface area contributed by atoms with Crippen molar-refractivity contribution in [3.8, 4) is 11.5 Å². The van der Waals surface area contributed by atoms with E-state index < -0.39 is 11.5 Å². The molecule has 0 bridgehead atoms. The Morgan fingerprint density at radius 3 is 2.74 bits per heavy atom. The van der Waals surface area contributed by atoms with E-state index in [4.69, 9.17) is 9.47 Å². The van der Waals surface area contributed by atoms with Gasteiger partial charge in [-0.1, -0.05) is 12.1 Å². The zero-order chi connectivity index (χ0) is 19.0. The zero-order valence-electron chi connectivity index (χ0n) is 14.5. The van der Waals surface area contributed by atoms with Crippen molar-refractivity contribution >= 4 is 28.1 Å². The fourth-order valence-corrected chi connectivity index (χ4v) is 2.83. The van der Waals surface area contributed by atoms with E-state index in [-0.39, 0.29) is 11.3 Å². The second kappa shape index (κ2) is 6.45. The van der Waals surface area contributed by atoms with Gasteiger partial charge in [-0.3, -0.25) is 9.59 Å². The van der Waals surface area contributed by atoms with Gasteiger partial charge in [0.25, 0.3) is 11.5 Å². The lowest BCUT2D eigenvalue weighted by atomic mass is 10.2. The molecule has 0 spiro atoms. The van der Waals surface area contributed by atoms with Crippen LogP contribution < -0.4 is 20.3 Å². The number of H-pyrrole nitrogens is 1. The van der Waals surface area contributed by atoms with Gasteiger partial charge in [0.1, 0.15) is 11.5 Å². The molecule has 0 saturated carbocycles. The molecule has 2 aromatic carbocycles. The number of rotatable bonds is 4. The van der Waals surface area contributed by atoms with Gasteiger partial charge in [-0.15, -0.1) is 5.10 Å². The number of hydrogen-bond acceptors (Lipinski definition) is 6. The van der Waals surface area contributed by atoms with Gasteiger partial charge in [0.15, 0.2) is 11.3 Å². The Kier molecular flexibility index (Phi) is 3.96. The summed E-state index contributed by atoms with van der Waals surface area (Å²) in [5.41, 5.74) is 0.685. The molecule has 2 aromatic heterocycles. The van der Waals surface area contributed by atoms with Crippen molar-refractivity contribution in [3.63, 3.8) is 0 Å². The van der Waals surface area contributed by atoms with E-state index in [1.54, 1.807) is 42.5 Å². The molecule has 0 saturated heterocycles. The maximum Gasteiger partial charge on any atom is 0.281 e. The van der Waals surface area contributed by atoms with Crippen molar-refractivity contribution in [1.82, 2.24) is 19.8 Å². The standard InChI is InChI=1S/C18H15N5O4/c1-26-10-7-8-14(27-2)12(9-10)19-18(25)15-16-20-17(24)11-5-3-4-6-13(11)23(16)22-21-15/h3-9,22H,1-2H3,(H,19,25). The molecule has 0 unspecified atom stereocenters. The van der Waals surface area contributed by atoms with Crippen LogP contribution in [0.4, 0.5) is 5.69 Å². The molecular weight excluding hydrogens is 350 g/mol. The minimum absolute atomic E-state index is 0.0114. The summed E-state index contributed by atoms with van der Waals surface area (Å²) in [6.07, 6.45) is 0. The first-order valence-electron chi connectivity index (χ1n) is 8.01. The van der Waals surface area contributed by atoms with Crippen LogP contribution in [0.2, 0.25) is 0 Å². The Hall–Kier alpha value is -3.88. The van der Waals surface area contributed by atoms with Crippen molar-refractivity contribution in [1.29, 1.82) is 0 Å². The fourth-order valence-electron chi connectivity index (χ4n) is 2.83. The SMILES string of the molecule is COc1ccc(OC)c(NC(=O)c2n[nH]n3c2nc(=O)c2ccccc23)c1. The number of aromatic nitrogens is 4. The van der Waals surface area contributed by atoms with Crippen molar-refractivity contribution in [2.45, 2.75) is 0 Å². The molecule has 4 aromatic rings. The minimum Gasteiger partial charge on any atom is -0.497 e. The number of ether oxygens (including phenoxy) is 2. The predicted octanol–water partition coefficient (Wildman–Crippen LogP) is 1.84. The van der Waals surface area contributed by atoms with Crippen LogP contribution in [0.15, 0.2) is 47.3 Å². The smallest absolute Gasteiger partial charge is 0.281 e. The number of aromatic amines is 1. The van der Waals surface area contributed by atoms with Gasteiger partial charge >= 0.3 is 0 Å². The van der Waals surface area contributed by atoms with Gasteiger partial charge in [0.05, 0.1) is 30.8 Å². The number of carbonyl (C=O) groups excluding carboxylic acids is 1. The molecule has 27 heavy (non-hydrogen) atoms. The Labute approximate surface area is 152 Å². The maximum atomic E-state index is 12.8. The van der Waals surface area contributed by atoms with E-state index >= 15 is 0 Å². The monoisotopic (exact) mass is 365 g/mol. The Morgan fingerprint density at radius 1 is 1.15 bits per heavy atom. The first kappa shape index (κ1) is 16.6. The lowest BCUT2D eigenvalue weighted by molar-refractivity contribution is 0.102. The lowest BCUT2D eigenvalue weighted by Crippen LogP contribution is -2.16. The topological polar surface area (TPSA) is 111 Å². The third-order valence-corrected chi connectivity index (χ3v) is 4.14. The van der Waals surface area contributed by atoms with Crippen LogP contribution in [0.3, 0.4) is 0 Å². The lowest BCUT2D eigenvalue weighted by Gasteiger charge is -2.10. The Bertz CT molecular complexity index is 1230. The molecule has 0 radical (unpaired) electrons. The molecule has 0 aliphatic carbocycles. The van der Waals surface area contributed by atoms with Crippen molar-refractivity contribution in [3.05, 3.63) is 58.5 Å². The maximum absolute atomic E-state index is 12.8. The van der Waals surface area contributed by atoms with Crippen LogP contribution in [0.5, 0.6) is 11.5 Å². The Balaban J connectivity index is 1.79. The van der Waals surface area contributed by atoms with Gasteiger partial charge < -0.3 is 14.8 Å². The van der Waals surface area contributed by atoms with Crippen LogP contribution in [-0.2, 0) is 0 Å². The van der Waals surface area contributed by atoms with Crippen LogP contribution in [0.1, 0.15) is 10.5 Å². The largest absolute Gasteiger partial charge is 0.497 e. The first-order valence-corrected chi connectivity index (χ1v) is 8.01. The van der Waals surface area contributed by atoms with Gasteiger partial charge in [-0.25, -0.2) is 9.73 Å². The zero-order valence-corrected chi connectivity index (χ0v) is 14.5. The molecule has 136 valence electrons. The number of amides is 1. The number of hydrogen-bond donors (Lipinski definition) is 2. The number of anilines is 1. The minimum atomic E-state index is -0.539. The first-order chi connectivity index (χ1) is 13.1. The summed E-state index contributed by atoms with van der Waals surface area (Å²) in [5, 5.41) is 9.90. The molecule has 0 atom stereocenters. The average Bonchev–Trinajstić information content (AvgIpc) is 3.12. The highest BCUT2D eigenvalue weighted by Crippen LogP contribution is 2.29. The summed E-state index contributed by atoms with van der Waals surface area (Å²) in [6, 6.07) is 12.0. The van der Waals surface area contributed by atoms with Gasteiger partial charge in [0, 0.05) is 6.07 Å². The van der Waals surface area contributed by atoms with Crippen LogP contribution in [-0.4, -0.2) is 39.9 Å². The summed E-state index contributed by atoms with van der Waals surface area (Å²) in [7, 11) is 3.02. The predicted molar refractivity (Wildman–Crippen MR) is 98.6 cm³/mol. The average molecular weight is 365 g/mol. The fraction of sp³-hybridized carbons (Fsp3) is 0.111. The molecule has 2 N–H and O–H groups in total. The number of carbonyl (C=O) groups is 1. The van der Waals surface area contributed by atoms with Crippen molar-refractivity contribution in [2.75, 3.05) is 19.5 Å². The molecule has 4 rings (SSSR count). The molecule has 1 amide bonds. The molecule has 2 heterocycles. The number of methoxy groups -OCH3 is 2.